The number of hydrogen-bond acceptors (Lipinski definition) is 4. The molecule has 0 aromatic heterocycles. The van der Waals surface area contributed by atoms with Crippen LogP contribution in [0.3, 0.4) is 0 Å². The zero-order valence-electron chi connectivity index (χ0n) is 17.3. The fraction of sp³-hybridized carbons (Fsp3) is 0.400. The van der Waals surface area contributed by atoms with Crippen molar-refractivity contribution in [2.75, 3.05) is 13.3 Å². The largest absolute Gasteiger partial charge is 0.454 e. The molecule has 1 saturated carbocycles. The van der Waals surface area contributed by atoms with Gasteiger partial charge in [-0.15, -0.1) is 0 Å². The van der Waals surface area contributed by atoms with Gasteiger partial charge in [0.25, 0.3) is 0 Å². The molecule has 162 valence electrons. The standard InChI is InChI=1S/C25H26FNO4/c26-19-8-6-18(7-9-19)24-20-3-1-2-12-25(20,29)13-14-27(24)23(28)11-5-17-4-10-21-22(15-17)31-16-30-21/h4-11,15,20,24,29H,1-3,12-14,16H2. The number of hydrogen-bond donors (Lipinski definition) is 1. The van der Waals surface area contributed by atoms with E-state index in [1.165, 1.54) is 12.1 Å². The van der Waals surface area contributed by atoms with Crippen molar-refractivity contribution in [3.63, 3.8) is 0 Å². The van der Waals surface area contributed by atoms with Crippen molar-refractivity contribution in [1.82, 2.24) is 4.90 Å². The fourth-order valence-electron chi connectivity index (χ4n) is 5.28. The van der Waals surface area contributed by atoms with Gasteiger partial charge in [-0.25, -0.2) is 4.39 Å². The lowest BCUT2D eigenvalue weighted by Crippen LogP contribution is -2.56. The van der Waals surface area contributed by atoms with Crippen LogP contribution in [0.25, 0.3) is 6.08 Å². The van der Waals surface area contributed by atoms with Crippen molar-refractivity contribution < 1.29 is 23.8 Å². The molecular weight excluding hydrogens is 397 g/mol. The van der Waals surface area contributed by atoms with Gasteiger partial charge >= 0.3 is 0 Å². The minimum Gasteiger partial charge on any atom is -0.454 e. The van der Waals surface area contributed by atoms with E-state index in [0.29, 0.717) is 24.5 Å². The second kappa shape index (κ2) is 8.00. The molecular formula is C25H26FNO4. The van der Waals surface area contributed by atoms with Crippen LogP contribution in [-0.4, -0.2) is 34.9 Å². The Hall–Kier alpha value is -2.86. The van der Waals surface area contributed by atoms with E-state index in [2.05, 4.69) is 0 Å². The van der Waals surface area contributed by atoms with Crippen LogP contribution >= 0.6 is 0 Å². The number of fused-ring (bicyclic) bond motifs is 2. The highest BCUT2D eigenvalue weighted by molar-refractivity contribution is 5.92. The molecule has 1 saturated heterocycles. The van der Waals surface area contributed by atoms with E-state index >= 15 is 0 Å². The Balaban J connectivity index is 1.43. The zero-order valence-corrected chi connectivity index (χ0v) is 17.3. The van der Waals surface area contributed by atoms with Gasteiger partial charge in [-0.3, -0.25) is 4.79 Å². The normalized spacial score (nSPS) is 27.4. The van der Waals surface area contributed by atoms with Crippen molar-refractivity contribution in [2.45, 2.75) is 43.7 Å². The van der Waals surface area contributed by atoms with Gasteiger partial charge in [0, 0.05) is 18.5 Å². The highest BCUT2D eigenvalue weighted by atomic mass is 19.1. The Kier molecular flexibility index (Phi) is 5.18. The predicted octanol–water partition coefficient (Wildman–Crippen LogP) is 4.46. The maximum absolute atomic E-state index is 13.6. The fourth-order valence-corrected chi connectivity index (χ4v) is 5.28. The molecule has 0 radical (unpaired) electrons. The number of benzene rings is 2. The summed E-state index contributed by atoms with van der Waals surface area (Å²) < 4.78 is 24.3. The molecule has 3 unspecified atom stereocenters. The van der Waals surface area contributed by atoms with Crippen LogP contribution in [0.15, 0.2) is 48.5 Å². The van der Waals surface area contributed by atoms with Crippen molar-refractivity contribution in [3.8, 4) is 11.5 Å². The lowest BCUT2D eigenvalue weighted by molar-refractivity contribution is -0.150. The summed E-state index contributed by atoms with van der Waals surface area (Å²) in [6, 6.07) is 11.6. The van der Waals surface area contributed by atoms with Crippen LogP contribution in [-0.2, 0) is 4.79 Å². The number of ether oxygens (including phenoxy) is 2. The van der Waals surface area contributed by atoms with Crippen molar-refractivity contribution in [3.05, 3.63) is 65.5 Å². The second-order valence-electron chi connectivity index (χ2n) is 8.68. The number of halogens is 1. The molecule has 5 nitrogen and oxygen atoms in total. The lowest BCUT2D eigenvalue weighted by atomic mass is 9.66. The van der Waals surface area contributed by atoms with Crippen LogP contribution in [0.5, 0.6) is 11.5 Å². The maximum atomic E-state index is 13.6. The SMILES string of the molecule is O=C(C=Cc1ccc2c(c1)OCO2)N1CCC2(O)CCCCC2C1c1ccc(F)cc1. The topological polar surface area (TPSA) is 59.0 Å². The first kappa shape index (κ1) is 20.1. The molecule has 2 aliphatic heterocycles. The summed E-state index contributed by atoms with van der Waals surface area (Å²) in [7, 11) is 0. The molecule has 2 fully saturated rings. The first-order valence-corrected chi connectivity index (χ1v) is 10.9. The van der Waals surface area contributed by atoms with Crippen LogP contribution in [0, 0.1) is 11.7 Å². The van der Waals surface area contributed by atoms with Gasteiger partial charge in [0.2, 0.25) is 12.7 Å². The molecule has 1 N–H and O–H groups in total. The molecule has 5 rings (SSSR count). The van der Waals surface area contributed by atoms with Gasteiger partial charge in [0.05, 0.1) is 11.6 Å². The number of nitrogens with zero attached hydrogens (tertiary/aromatic N) is 1. The van der Waals surface area contributed by atoms with Crippen LogP contribution in [0.4, 0.5) is 4.39 Å². The second-order valence-corrected chi connectivity index (χ2v) is 8.68. The summed E-state index contributed by atoms with van der Waals surface area (Å²) >= 11 is 0. The van der Waals surface area contributed by atoms with Gasteiger partial charge < -0.3 is 19.5 Å². The van der Waals surface area contributed by atoms with E-state index in [1.54, 1.807) is 24.3 Å². The van der Waals surface area contributed by atoms with E-state index in [9.17, 15) is 14.3 Å². The Bertz CT molecular complexity index is 1010. The summed E-state index contributed by atoms with van der Waals surface area (Å²) in [6.45, 7) is 0.679. The van der Waals surface area contributed by atoms with Gasteiger partial charge in [-0.2, -0.15) is 0 Å². The number of carbonyl (C=O) groups is 1. The Labute approximate surface area is 181 Å². The third-order valence-corrected chi connectivity index (χ3v) is 6.88. The molecule has 3 aliphatic rings. The molecule has 2 aromatic carbocycles. The first-order valence-electron chi connectivity index (χ1n) is 10.9. The first-order chi connectivity index (χ1) is 15.0. The summed E-state index contributed by atoms with van der Waals surface area (Å²) in [5.41, 5.74) is 0.952. The number of likely N-dealkylation sites (tertiary alicyclic amines) is 1. The summed E-state index contributed by atoms with van der Waals surface area (Å²) in [4.78, 5) is 15.1. The average Bonchev–Trinajstić information content (AvgIpc) is 3.25. The summed E-state index contributed by atoms with van der Waals surface area (Å²) in [5.74, 6) is 0.901. The van der Waals surface area contributed by atoms with E-state index in [4.69, 9.17) is 9.47 Å². The van der Waals surface area contributed by atoms with Crippen molar-refractivity contribution in [1.29, 1.82) is 0 Å². The van der Waals surface area contributed by atoms with Crippen molar-refractivity contribution >= 4 is 12.0 Å². The molecule has 2 heterocycles. The van der Waals surface area contributed by atoms with Crippen molar-refractivity contribution in [2.24, 2.45) is 5.92 Å². The Morgan fingerprint density at radius 1 is 1.10 bits per heavy atom. The van der Waals surface area contributed by atoms with E-state index in [0.717, 1.165) is 36.8 Å². The number of rotatable bonds is 3. The monoisotopic (exact) mass is 423 g/mol. The molecule has 6 heteroatoms. The lowest BCUT2D eigenvalue weighted by Gasteiger charge is -2.52. The number of aliphatic hydroxyl groups is 1. The molecule has 0 bridgehead atoms. The maximum Gasteiger partial charge on any atom is 0.247 e. The molecule has 1 amide bonds. The minimum absolute atomic E-state index is 0.0524. The zero-order chi connectivity index (χ0) is 21.4. The highest BCUT2D eigenvalue weighted by Gasteiger charge is 2.49. The van der Waals surface area contributed by atoms with E-state index in [-0.39, 0.29) is 30.5 Å². The van der Waals surface area contributed by atoms with Gasteiger partial charge in [0.15, 0.2) is 11.5 Å². The van der Waals surface area contributed by atoms with Crippen LogP contribution < -0.4 is 9.47 Å². The summed E-state index contributed by atoms with van der Waals surface area (Å²) in [6.07, 6.45) is 7.55. The molecule has 3 atom stereocenters. The third kappa shape index (κ3) is 3.81. The smallest absolute Gasteiger partial charge is 0.247 e. The van der Waals surface area contributed by atoms with E-state index in [1.807, 2.05) is 23.1 Å². The van der Waals surface area contributed by atoms with Gasteiger partial charge in [-0.05, 0) is 60.7 Å². The third-order valence-electron chi connectivity index (χ3n) is 6.88. The predicted molar refractivity (Wildman–Crippen MR) is 114 cm³/mol. The quantitative estimate of drug-likeness (QED) is 0.741. The average molecular weight is 423 g/mol. The minimum atomic E-state index is -0.769. The Morgan fingerprint density at radius 2 is 1.90 bits per heavy atom. The molecule has 2 aromatic rings. The number of piperidine rings is 1. The Morgan fingerprint density at radius 3 is 2.74 bits per heavy atom. The molecule has 0 spiro atoms. The molecule has 1 aliphatic carbocycles. The number of carbonyl (C=O) groups excluding carboxylic acids is 1. The van der Waals surface area contributed by atoms with Gasteiger partial charge in [0.1, 0.15) is 5.82 Å². The summed E-state index contributed by atoms with van der Waals surface area (Å²) in [5, 5.41) is 11.3. The van der Waals surface area contributed by atoms with Crippen LogP contribution in [0.1, 0.15) is 49.3 Å². The van der Waals surface area contributed by atoms with Crippen LogP contribution in [0.2, 0.25) is 0 Å². The highest BCUT2D eigenvalue weighted by Crippen LogP contribution is 2.49. The number of amides is 1. The van der Waals surface area contributed by atoms with E-state index < -0.39 is 5.60 Å². The molecule has 31 heavy (non-hydrogen) atoms. The van der Waals surface area contributed by atoms with Gasteiger partial charge in [-0.1, -0.05) is 31.0 Å².